The number of nitrogens with zero attached hydrogens (tertiary/aromatic N) is 2. The van der Waals surface area contributed by atoms with Crippen LogP contribution in [-0.2, 0) is 4.74 Å². The highest BCUT2D eigenvalue weighted by Gasteiger charge is 2.40. The number of ether oxygens (including phenoxy) is 1. The van der Waals surface area contributed by atoms with E-state index in [-0.39, 0.29) is 0 Å². The lowest BCUT2D eigenvalue weighted by Gasteiger charge is -2.38. The zero-order chi connectivity index (χ0) is 13.0. The molecule has 0 aromatic carbocycles. The van der Waals surface area contributed by atoms with Gasteiger partial charge in [-0.15, -0.1) is 0 Å². The smallest absolute Gasteiger partial charge is 0.114 e. The summed E-state index contributed by atoms with van der Waals surface area (Å²) in [6.07, 6.45) is 10.6. The predicted octanol–water partition coefficient (Wildman–Crippen LogP) is 3.14. The van der Waals surface area contributed by atoms with Gasteiger partial charge in [0.05, 0.1) is 0 Å². The molecular formula is C15H24N2O. The molecule has 2 aliphatic rings. The minimum Gasteiger partial charge on any atom is -0.491 e. The molecule has 100 valence electrons. The van der Waals surface area contributed by atoms with Crippen molar-refractivity contribution in [3.8, 4) is 0 Å². The summed E-state index contributed by atoms with van der Waals surface area (Å²) >= 11 is 0. The molecule has 2 fully saturated rings. The Labute approximate surface area is 110 Å². The molecule has 2 unspecified atom stereocenters. The Morgan fingerprint density at radius 1 is 1.39 bits per heavy atom. The third kappa shape index (κ3) is 3.02. The van der Waals surface area contributed by atoms with Crippen LogP contribution in [0, 0.1) is 0 Å². The Morgan fingerprint density at radius 2 is 2.06 bits per heavy atom. The highest BCUT2D eigenvalue weighted by Crippen LogP contribution is 2.37. The quantitative estimate of drug-likeness (QED) is 0.424. The topological polar surface area (TPSA) is 24.8 Å². The van der Waals surface area contributed by atoms with Crippen molar-refractivity contribution in [2.75, 3.05) is 6.54 Å². The second kappa shape index (κ2) is 6.19. The van der Waals surface area contributed by atoms with Crippen molar-refractivity contribution in [3.63, 3.8) is 0 Å². The van der Waals surface area contributed by atoms with Crippen LogP contribution >= 0.6 is 0 Å². The minimum absolute atomic E-state index is 0.341. The van der Waals surface area contributed by atoms with E-state index in [9.17, 15) is 0 Å². The Balaban J connectivity index is 1.84. The van der Waals surface area contributed by atoms with E-state index in [2.05, 4.69) is 23.4 Å². The Hall–Kier alpha value is -1.09. The second-order valence-electron chi connectivity index (χ2n) is 5.12. The lowest BCUT2D eigenvalue weighted by molar-refractivity contribution is 0.0200. The van der Waals surface area contributed by atoms with Crippen molar-refractivity contribution in [2.24, 2.45) is 4.99 Å². The zero-order valence-electron chi connectivity index (χ0n) is 11.5. The van der Waals surface area contributed by atoms with Gasteiger partial charge in [0.25, 0.3) is 0 Å². The van der Waals surface area contributed by atoms with E-state index in [1.54, 1.807) is 12.4 Å². The van der Waals surface area contributed by atoms with Crippen LogP contribution in [-0.4, -0.2) is 35.8 Å². The molecule has 3 nitrogen and oxygen atoms in total. The molecule has 0 aliphatic carbocycles. The average Bonchev–Trinajstić information content (AvgIpc) is 2.60. The highest BCUT2D eigenvalue weighted by atomic mass is 16.5. The van der Waals surface area contributed by atoms with E-state index in [1.807, 2.05) is 13.0 Å². The van der Waals surface area contributed by atoms with E-state index in [0.717, 1.165) is 30.7 Å². The summed E-state index contributed by atoms with van der Waals surface area (Å²) in [4.78, 5) is 6.66. The summed E-state index contributed by atoms with van der Waals surface area (Å²) in [7, 11) is 0. The number of allylic oxidation sites excluding steroid dienone is 1. The summed E-state index contributed by atoms with van der Waals surface area (Å²) in [6, 6.07) is 1.45. The normalized spacial score (nSPS) is 32.4. The molecule has 0 aromatic rings. The lowest BCUT2D eigenvalue weighted by Crippen LogP contribution is -2.45. The Kier molecular flexibility index (Phi) is 4.59. The fourth-order valence-electron chi connectivity index (χ4n) is 3.30. The van der Waals surface area contributed by atoms with Crippen molar-refractivity contribution >= 4 is 6.21 Å². The van der Waals surface area contributed by atoms with Gasteiger partial charge in [0.2, 0.25) is 0 Å². The molecule has 0 radical (unpaired) electrons. The van der Waals surface area contributed by atoms with Crippen LogP contribution in [0.25, 0.3) is 0 Å². The van der Waals surface area contributed by atoms with E-state index < -0.39 is 0 Å². The van der Waals surface area contributed by atoms with Gasteiger partial charge in [-0.3, -0.25) is 9.89 Å². The number of hydrogen-bond donors (Lipinski definition) is 0. The first-order chi connectivity index (χ1) is 8.74. The van der Waals surface area contributed by atoms with Crippen molar-refractivity contribution < 1.29 is 4.74 Å². The first-order valence-corrected chi connectivity index (χ1v) is 7.00. The number of hydrogen-bond acceptors (Lipinski definition) is 3. The SMILES string of the molecule is C=C(C=CN=CC)OC1CC2CCC(C1)N2CC. The van der Waals surface area contributed by atoms with Gasteiger partial charge >= 0.3 is 0 Å². The van der Waals surface area contributed by atoms with E-state index in [0.29, 0.717) is 6.10 Å². The molecule has 0 amide bonds. The van der Waals surface area contributed by atoms with Gasteiger partial charge < -0.3 is 4.74 Å². The molecule has 2 bridgehead atoms. The molecule has 0 aromatic heterocycles. The van der Waals surface area contributed by atoms with Gasteiger partial charge in [0.15, 0.2) is 0 Å². The van der Waals surface area contributed by atoms with Crippen LogP contribution in [0.5, 0.6) is 0 Å². The van der Waals surface area contributed by atoms with Crippen molar-refractivity contribution in [1.82, 2.24) is 4.90 Å². The Bertz CT molecular complexity index is 334. The first kappa shape index (κ1) is 13.3. The van der Waals surface area contributed by atoms with E-state index in [4.69, 9.17) is 4.74 Å². The van der Waals surface area contributed by atoms with Crippen molar-refractivity contribution in [1.29, 1.82) is 0 Å². The summed E-state index contributed by atoms with van der Waals surface area (Å²) in [5.41, 5.74) is 0. The highest BCUT2D eigenvalue weighted by molar-refractivity contribution is 5.54. The maximum atomic E-state index is 5.93. The Morgan fingerprint density at radius 3 is 2.61 bits per heavy atom. The van der Waals surface area contributed by atoms with Gasteiger partial charge in [0, 0.05) is 24.5 Å². The molecule has 2 atom stereocenters. The van der Waals surface area contributed by atoms with Crippen LogP contribution in [0.4, 0.5) is 0 Å². The molecular weight excluding hydrogens is 224 g/mol. The molecule has 2 saturated heterocycles. The fraction of sp³-hybridized carbons (Fsp3) is 0.667. The van der Waals surface area contributed by atoms with Crippen molar-refractivity contribution in [2.45, 2.75) is 57.7 Å². The maximum absolute atomic E-state index is 5.93. The average molecular weight is 248 g/mol. The third-order valence-electron chi connectivity index (χ3n) is 4.02. The van der Waals surface area contributed by atoms with Crippen LogP contribution in [0.1, 0.15) is 39.5 Å². The largest absolute Gasteiger partial charge is 0.491 e. The molecule has 3 heteroatoms. The summed E-state index contributed by atoms with van der Waals surface area (Å²) in [5, 5.41) is 0. The number of fused-ring (bicyclic) bond motifs is 2. The van der Waals surface area contributed by atoms with Crippen LogP contribution in [0.3, 0.4) is 0 Å². The standard InChI is InChI=1S/C15H24N2O/c1-4-16-9-8-12(3)18-15-10-13-6-7-14(11-15)17(13)5-2/h4,8-9,13-15H,3,5-7,10-11H2,1-2H3. The second-order valence-corrected chi connectivity index (χ2v) is 5.12. The molecule has 2 aliphatic heterocycles. The molecule has 0 N–H and O–H groups in total. The lowest BCUT2D eigenvalue weighted by atomic mass is 10.00. The number of piperidine rings is 1. The van der Waals surface area contributed by atoms with Gasteiger partial charge in [-0.1, -0.05) is 13.5 Å². The van der Waals surface area contributed by atoms with Gasteiger partial charge in [-0.2, -0.15) is 0 Å². The van der Waals surface area contributed by atoms with Gasteiger partial charge in [0.1, 0.15) is 11.9 Å². The van der Waals surface area contributed by atoms with Crippen LogP contribution in [0.2, 0.25) is 0 Å². The van der Waals surface area contributed by atoms with E-state index >= 15 is 0 Å². The fourth-order valence-corrected chi connectivity index (χ4v) is 3.30. The van der Waals surface area contributed by atoms with Crippen molar-refractivity contribution in [3.05, 3.63) is 24.6 Å². The monoisotopic (exact) mass is 248 g/mol. The summed E-state index contributed by atoms with van der Waals surface area (Å²) in [6.45, 7) is 9.26. The molecule has 0 saturated carbocycles. The van der Waals surface area contributed by atoms with Gasteiger partial charge in [-0.25, -0.2) is 0 Å². The zero-order valence-corrected chi connectivity index (χ0v) is 11.5. The summed E-state index contributed by atoms with van der Waals surface area (Å²) in [5.74, 6) is 0.731. The molecule has 18 heavy (non-hydrogen) atoms. The predicted molar refractivity (Wildman–Crippen MR) is 75.7 cm³/mol. The molecule has 0 spiro atoms. The summed E-state index contributed by atoms with van der Waals surface area (Å²) < 4.78 is 5.93. The molecule has 2 rings (SSSR count). The van der Waals surface area contributed by atoms with Crippen LogP contribution < -0.4 is 0 Å². The number of aliphatic imine (C=N–C) groups is 1. The van der Waals surface area contributed by atoms with Gasteiger partial charge in [-0.05, 0) is 45.2 Å². The minimum atomic E-state index is 0.341. The van der Waals surface area contributed by atoms with E-state index in [1.165, 1.54) is 19.4 Å². The molecule has 2 heterocycles. The maximum Gasteiger partial charge on any atom is 0.114 e. The van der Waals surface area contributed by atoms with Crippen LogP contribution in [0.15, 0.2) is 29.6 Å². The third-order valence-corrected chi connectivity index (χ3v) is 4.02. The first-order valence-electron chi connectivity index (χ1n) is 7.00. The number of rotatable bonds is 5.